The van der Waals surface area contributed by atoms with Crippen LogP contribution in [0.3, 0.4) is 0 Å². The molecule has 0 aliphatic carbocycles. The zero-order valence-corrected chi connectivity index (χ0v) is 14.1. The average Bonchev–Trinajstić information content (AvgIpc) is 3.38. The second-order valence-electron chi connectivity index (χ2n) is 6.18. The first kappa shape index (κ1) is 16.4. The molecular weight excluding hydrogens is 332 g/mol. The number of amides is 2. The molecule has 26 heavy (non-hydrogen) atoms. The first-order valence-electron chi connectivity index (χ1n) is 8.45. The van der Waals surface area contributed by atoms with Crippen molar-refractivity contribution in [2.75, 3.05) is 13.1 Å². The Bertz CT molecular complexity index is 829. The van der Waals surface area contributed by atoms with Gasteiger partial charge in [-0.15, -0.1) is 0 Å². The Morgan fingerprint density at radius 3 is 1.77 bits per heavy atom. The second-order valence-corrected chi connectivity index (χ2v) is 6.18. The van der Waals surface area contributed by atoms with Gasteiger partial charge in [0.1, 0.15) is 11.5 Å². The lowest BCUT2D eigenvalue weighted by atomic mass is 10.1. The first-order chi connectivity index (χ1) is 12.7. The molecule has 0 spiro atoms. The van der Waals surface area contributed by atoms with Crippen LogP contribution in [-0.4, -0.2) is 34.7 Å². The van der Waals surface area contributed by atoms with Gasteiger partial charge in [-0.2, -0.15) is 0 Å². The molecule has 6 heteroatoms. The standard InChI is InChI=1S/C20H18N2O4/c23-19-17-7-1-2-8-18(17)20(24)22(19)10-9-21(13-15-5-3-11-25-15)14-16-6-4-12-26-16/h1-8,11-12H,9-10,13-14H2. The summed E-state index contributed by atoms with van der Waals surface area (Å²) in [5.41, 5.74) is 0.947. The summed E-state index contributed by atoms with van der Waals surface area (Å²) >= 11 is 0. The number of nitrogens with zero attached hydrogens (tertiary/aromatic N) is 2. The van der Waals surface area contributed by atoms with Crippen LogP contribution in [0.1, 0.15) is 32.2 Å². The van der Waals surface area contributed by atoms with Crippen molar-refractivity contribution in [3.05, 3.63) is 83.7 Å². The van der Waals surface area contributed by atoms with Crippen molar-refractivity contribution >= 4 is 11.8 Å². The Hall–Kier alpha value is -3.12. The van der Waals surface area contributed by atoms with Crippen LogP contribution in [0.2, 0.25) is 0 Å². The second kappa shape index (κ2) is 7.01. The highest BCUT2D eigenvalue weighted by molar-refractivity contribution is 6.21. The van der Waals surface area contributed by atoms with Crippen molar-refractivity contribution in [3.63, 3.8) is 0 Å². The van der Waals surface area contributed by atoms with Crippen LogP contribution in [-0.2, 0) is 13.1 Å². The molecule has 6 nitrogen and oxygen atoms in total. The maximum Gasteiger partial charge on any atom is 0.261 e. The van der Waals surface area contributed by atoms with Gasteiger partial charge >= 0.3 is 0 Å². The van der Waals surface area contributed by atoms with E-state index in [1.54, 1.807) is 36.8 Å². The van der Waals surface area contributed by atoms with Gasteiger partial charge in [-0.25, -0.2) is 0 Å². The molecule has 0 atom stereocenters. The summed E-state index contributed by atoms with van der Waals surface area (Å²) in [6, 6.07) is 14.4. The summed E-state index contributed by atoms with van der Waals surface area (Å²) in [6.07, 6.45) is 3.26. The van der Waals surface area contributed by atoms with Crippen LogP contribution < -0.4 is 0 Å². The lowest BCUT2D eigenvalue weighted by Gasteiger charge is -2.23. The minimum absolute atomic E-state index is 0.235. The van der Waals surface area contributed by atoms with Gasteiger partial charge in [0.2, 0.25) is 0 Å². The molecule has 0 fully saturated rings. The molecular formula is C20H18N2O4. The van der Waals surface area contributed by atoms with Crippen LogP contribution >= 0.6 is 0 Å². The number of rotatable bonds is 7. The Morgan fingerprint density at radius 1 is 0.769 bits per heavy atom. The highest BCUT2D eigenvalue weighted by atomic mass is 16.3. The lowest BCUT2D eigenvalue weighted by molar-refractivity contribution is 0.0629. The molecule has 0 radical (unpaired) electrons. The zero-order valence-electron chi connectivity index (χ0n) is 14.1. The van der Waals surface area contributed by atoms with E-state index < -0.39 is 0 Å². The highest BCUT2D eigenvalue weighted by Crippen LogP contribution is 2.22. The third-order valence-corrected chi connectivity index (χ3v) is 4.44. The number of imide groups is 1. The summed E-state index contributed by atoms with van der Waals surface area (Å²) in [7, 11) is 0. The predicted molar refractivity (Wildman–Crippen MR) is 93.3 cm³/mol. The fourth-order valence-corrected chi connectivity index (χ4v) is 3.14. The lowest BCUT2D eigenvalue weighted by Crippen LogP contribution is -2.37. The molecule has 0 N–H and O–H groups in total. The minimum Gasteiger partial charge on any atom is -0.468 e. The van der Waals surface area contributed by atoms with E-state index in [2.05, 4.69) is 4.90 Å². The number of furan rings is 2. The van der Waals surface area contributed by atoms with Crippen LogP contribution in [0.15, 0.2) is 69.9 Å². The van der Waals surface area contributed by atoms with Gasteiger partial charge in [-0.05, 0) is 36.4 Å². The van der Waals surface area contributed by atoms with E-state index in [9.17, 15) is 9.59 Å². The van der Waals surface area contributed by atoms with Crippen molar-refractivity contribution in [1.29, 1.82) is 0 Å². The minimum atomic E-state index is -0.235. The molecule has 1 aliphatic rings. The maximum atomic E-state index is 12.5. The van der Waals surface area contributed by atoms with Gasteiger partial charge < -0.3 is 8.83 Å². The molecule has 4 rings (SSSR count). The summed E-state index contributed by atoms with van der Waals surface area (Å²) in [6.45, 7) is 1.97. The molecule has 1 aromatic carbocycles. The van der Waals surface area contributed by atoms with E-state index in [0.29, 0.717) is 37.3 Å². The molecule has 0 saturated carbocycles. The van der Waals surface area contributed by atoms with E-state index in [1.165, 1.54) is 4.90 Å². The average molecular weight is 350 g/mol. The fourth-order valence-electron chi connectivity index (χ4n) is 3.14. The van der Waals surface area contributed by atoms with Crippen LogP contribution in [0, 0.1) is 0 Å². The van der Waals surface area contributed by atoms with E-state index in [0.717, 1.165) is 11.5 Å². The third kappa shape index (κ3) is 3.19. The quantitative estimate of drug-likeness (QED) is 0.612. The van der Waals surface area contributed by atoms with Gasteiger partial charge in [0.15, 0.2) is 0 Å². The van der Waals surface area contributed by atoms with Gasteiger partial charge in [-0.1, -0.05) is 12.1 Å². The van der Waals surface area contributed by atoms with Crippen molar-refractivity contribution in [2.24, 2.45) is 0 Å². The van der Waals surface area contributed by atoms with E-state index >= 15 is 0 Å². The third-order valence-electron chi connectivity index (χ3n) is 4.44. The molecule has 2 aromatic heterocycles. The molecule has 0 unspecified atom stereocenters. The maximum absolute atomic E-state index is 12.5. The smallest absolute Gasteiger partial charge is 0.261 e. The van der Waals surface area contributed by atoms with Crippen molar-refractivity contribution in [3.8, 4) is 0 Å². The molecule has 1 aliphatic heterocycles. The normalized spacial score (nSPS) is 13.7. The van der Waals surface area contributed by atoms with Crippen molar-refractivity contribution in [2.45, 2.75) is 13.1 Å². The summed E-state index contributed by atoms with van der Waals surface area (Å²) in [5, 5.41) is 0. The molecule has 3 aromatic rings. The van der Waals surface area contributed by atoms with Crippen LogP contribution in [0.4, 0.5) is 0 Å². The fraction of sp³-hybridized carbons (Fsp3) is 0.200. The van der Waals surface area contributed by atoms with E-state index in [-0.39, 0.29) is 11.8 Å². The first-order valence-corrected chi connectivity index (χ1v) is 8.45. The topological polar surface area (TPSA) is 66.9 Å². The molecule has 0 bridgehead atoms. The number of carbonyl (C=O) groups excluding carboxylic acids is 2. The SMILES string of the molecule is O=C1c2ccccc2C(=O)N1CCN(Cc1ccco1)Cc1ccco1. The molecule has 3 heterocycles. The molecule has 0 saturated heterocycles. The van der Waals surface area contributed by atoms with Crippen molar-refractivity contribution in [1.82, 2.24) is 9.80 Å². The summed E-state index contributed by atoms with van der Waals surface area (Å²) in [5.74, 6) is 1.17. The Balaban J connectivity index is 1.46. The Labute approximate surface area is 150 Å². The number of hydrogen-bond acceptors (Lipinski definition) is 5. The van der Waals surface area contributed by atoms with Crippen LogP contribution in [0.25, 0.3) is 0 Å². The molecule has 2 amide bonds. The van der Waals surface area contributed by atoms with E-state index in [1.807, 2.05) is 24.3 Å². The van der Waals surface area contributed by atoms with Crippen molar-refractivity contribution < 1.29 is 18.4 Å². The van der Waals surface area contributed by atoms with Crippen LogP contribution in [0.5, 0.6) is 0 Å². The van der Waals surface area contributed by atoms with E-state index in [4.69, 9.17) is 8.83 Å². The van der Waals surface area contributed by atoms with Gasteiger partial charge in [-0.3, -0.25) is 19.4 Å². The molecule has 132 valence electrons. The van der Waals surface area contributed by atoms with Gasteiger partial charge in [0, 0.05) is 13.1 Å². The number of benzene rings is 1. The monoisotopic (exact) mass is 350 g/mol. The summed E-state index contributed by atoms with van der Waals surface area (Å²) in [4.78, 5) is 28.4. The number of hydrogen-bond donors (Lipinski definition) is 0. The Kier molecular flexibility index (Phi) is 4.41. The number of carbonyl (C=O) groups is 2. The Morgan fingerprint density at radius 2 is 1.31 bits per heavy atom. The van der Waals surface area contributed by atoms with Gasteiger partial charge in [0.05, 0.1) is 36.7 Å². The van der Waals surface area contributed by atoms with Gasteiger partial charge in [0.25, 0.3) is 11.8 Å². The predicted octanol–water partition coefficient (Wildman–Crippen LogP) is 3.17. The highest BCUT2D eigenvalue weighted by Gasteiger charge is 2.34. The number of fused-ring (bicyclic) bond motifs is 1. The zero-order chi connectivity index (χ0) is 17.9. The largest absolute Gasteiger partial charge is 0.468 e. The summed E-state index contributed by atoms with van der Waals surface area (Å²) < 4.78 is 10.9.